The highest BCUT2D eigenvalue weighted by Crippen LogP contribution is 2.19. The highest BCUT2D eigenvalue weighted by Gasteiger charge is 2.39. The molecule has 5 nitrogen and oxygen atoms in total. The lowest BCUT2D eigenvalue weighted by Crippen LogP contribution is -2.52. The molecular weight excluding hydrogens is 200 g/mol. The number of hydrogen-bond acceptors (Lipinski definition) is 5. The van der Waals surface area contributed by atoms with Crippen LogP contribution in [0.25, 0.3) is 0 Å². The van der Waals surface area contributed by atoms with Crippen LogP contribution in [-0.4, -0.2) is 35.8 Å². The van der Waals surface area contributed by atoms with E-state index in [1.54, 1.807) is 21.3 Å². The summed E-state index contributed by atoms with van der Waals surface area (Å²) in [4.78, 5) is 0. The molecule has 6 heteroatoms. The molecule has 14 heavy (non-hydrogen) atoms. The highest BCUT2D eigenvalue weighted by molar-refractivity contribution is 6.60. The summed E-state index contributed by atoms with van der Waals surface area (Å²) in [5.41, 5.74) is 11.0. The van der Waals surface area contributed by atoms with Crippen LogP contribution in [0.4, 0.5) is 0 Å². The molecule has 0 saturated heterocycles. The molecule has 0 radical (unpaired) electrons. The van der Waals surface area contributed by atoms with Crippen LogP contribution in [0.3, 0.4) is 0 Å². The smallest absolute Gasteiger partial charge is 0.377 e. The summed E-state index contributed by atoms with van der Waals surface area (Å²) in [6.07, 6.45) is 1.35. The zero-order valence-electron chi connectivity index (χ0n) is 9.50. The zero-order chi connectivity index (χ0) is 11.2. The third-order valence-electron chi connectivity index (χ3n) is 2.49. The first kappa shape index (κ1) is 14.0. The lowest BCUT2D eigenvalue weighted by atomic mass is 10.1. The molecule has 0 rings (SSSR count). The lowest BCUT2D eigenvalue weighted by Gasteiger charge is -2.29. The van der Waals surface area contributed by atoms with Gasteiger partial charge in [0.2, 0.25) is 0 Å². The van der Waals surface area contributed by atoms with Crippen LogP contribution in [0.2, 0.25) is 6.04 Å². The van der Waals surface area contributed by atoms with Gasteiger partial charge in [0, 0.05) is 27.4 Å². The van der Waals surface area contributed by atoms with E-state index < -0.39 is 14.5 Å². The van der Waals surface area contributed by atoms with E-state index in [4.69, 9.17) is 24.7 Å². The minimum atomic E-state index is -2.50. The highest BCUT2D eigenvalue weighted by atomic mass is 28.4. The first-order valence-electron chi connectivity index (χ1n) is 4.68. The van der Waals surface area contributed by atoms with Gasteiger partial charge in [0.25, 0.3) is 0 Å². The van der Waals surface area contributed by atoms with E-state index in [0.717, 1.165) is 0 Å². The fourth-order valence-electron chi connectivity index (χ4n) is 1.12. The molecule has 0 bridgehead atoms. The van der Waals surface area contributed by atoms with Gasteiger partial charge in [-0.25, -0.2) is 0 Å². The summed E-state index contributed by atoms with van der Waals surface area (Å²) >= 11 is 0. The molecule has 0 unspecified atom stereocenters. The van der Waals surface area contributed by atoms with E-state index in [-0.39, 0.29) is 0 Å². The van der Waals surface area contributed by atoms with Gasteiger partial charge in [-0.05, 0) is 12.8 Å². The molecule has 0 atom stereocenters. The van der Waals surface area contributed by atoms with Gasteiger partial charge in [0.15, 0.2) is 0 Å². The first-order chi connectivity index (χ1) is 6.45. The van der Waals surface area contributed by atoms with Crippen LogP contribution in [0.1, 0.15) is 19.8 Å². The largest absolute Gasteiger partial charge is 0.500 e. The summed E-state index contributed by atoms with van der Waals surface area (Å²) in [6.45, 7) is 1.95. The van der Waals surface area contributed by atoms with Gasteiger partial charge < -0.3 is 24.7 Å². The van der Waals surface area contributed by atoms with E-state index in [1.807, 2.05) is 6.92 Å². The normalized spacial score (nSPS) is 13.3. The topological polar surface area (TPSA) is 79.7 Å². The molecule has 0 aromatic heterocycles. The summed E-state index contributed by atoms with van der Waals surface area (Å²) < 4.78 is 15.8. The fourth-order valence-corrected chi connectivity index (χ4v) is 3.00. The summed E-state index contributed by atoms with van der Waals surface area (Å²) in [5.74, 6) is 0. The SMILES string of the molecule is CCC(N)(N)CC[Si](OC)(OC)OC. The van der Waals surface area contributed by atoms with Gasteiger partial charge >= 0.3 is 8.80 Å². The maximum absolute atomic E-state index is 5.82. The van der Waals surface area contributed by atoms with Gasteiger partial charge in [-0.3, -0.25) is 0 Å². The Kier molecular flexibility index (Phi) is 5.80. The van der Waals surface area contributed by atoms with Crippen LogP contribution >= 0.6 is 0 Å². The van der Waals surface area contributed by atoms with Gasteiger partial charge in [-0.15, -0.1) is 0 Å². The molecule has 0 aliphatic carbocycles. The Bertz CT molecular complexity index is 154. The molecule has 0 spiro atoms. The number of nitrogens with two attached hydrogens (primary N) is 2. The zero-order valence-corrected chi connectivity index (χ0v) is 10.5. The molecule has 0 aliphatic rings. The lowest BCUT2D eigenvalue weighted by molar-refractivity contribution is 0.120. The number of hydrogen-bond donors (Lipinski definition) is 2. The maximum atomic E-state index is 5.82. The standard InChI is InChI=1S/C8H22N2O3Si/c1-5-8(9,10)6-7-14(11-2,12-3)13-4/h5-7,9-10H2,1-4H3. The van der Waals surface area contributed by atoms with Crippen molar-refractivity contribution in [1.82, 2.24) is 0 Å². The molecule has 86 valence electrons. The Balaban J connectivity index is 4.19. The van der Waals surface area contributed by atoms with E-state index in [1.165, 1.54) is 0 Å². The Morgan fingerprint density at radius 2 is 1.50 bits per heavy atom. The molecule has 0 aliphatic heterocycles. The van der Waals surface area contributed by atoms with Crippen molar-refractivity contribution in [1.29, 1.82) is 0 Å². The van der Waals surface area contributed by atoms with Crippen molar-refractivity contribution in [3.05, 3.63) is 0 Å². The van der Waals surface area contributed by atoms with Crippen molar-refractivity contribution in [3.63, 3.8) is 0 Å². The van der Waals surface area contributed by atoms with Crippen molar-refractivity contribution >= 4 is 8.80 Å². The molecular formula is C8H22N2O3Si. The Morgan fingerprint density at radius 1 is 1.07 bits per heavy atom. The average molecular weight is 222 g/mol. The Morgan fingerprint density at radius 3 is 1.79 bits per heavy atom. The third kappa shape index (κ3) is 4.03. The van der Waals surface area contributed by atoms with Gasteiger partial charge in [-0.1, -0.05) is 6.92 Å². The van der Waals surface area contributed by atoms with Crippen LogP contribution in [0, 0.1) is 0 Å². The van der Waals surface area contributed by atoms with Crippen LogP contribution in [-0.2, 0) is 13.3 Å². The monoisotopic (exact) mass is 222 g/mol. The molecule has 0 fully saturated rings. The second-order valence-corrected chi connectivity index (χ2v) is 6.47. The fraction of sp³-hybridized carbons (Fsp3) is 1.00. The van der Waals surface area contributed by atoms with Crippen LogP contribution < -0.4 is 11.5 Å². The molecule has 0 heterocycles. The van der Waals surface area contributed by atoms with Crippen molar-refractivity contribution in [2.75, 3.05) is 21.3 Å². The first-order valence-corrected chi connectivity index (χ1v) is 6.61. The van der Waals surface area contributed by atoms with Crippen molar-refractivity contribution < 1.29 is 13.3 Å². The second kappa shape index (κ2) is 5.79. The minimum Gasteiger partial charge on any atom is -0.377 e. The minimum absolute atomic E-state index is 0.630. The van der Waals surface area contributed by atoms with Gasteiger partial charge in [-0.2, -0.15) is 0 Å². The average Bonchev–Trinajstić information content (AvgIpc) is 2.21. The van der Waals surface area contributed by atoms with E-state index in [9.17, 15) is 0 Å². The number of rotatable bonds is 7. The van der Waals surface area contributed by atoms with Crippen molar-refractivity contribution in [2.24, 2.45) is 11.5 Å². The van der Waals surface area contributed by atoms with Crippen LogP contribution in [0.5, 0.6) is 0 Å². The van der Waals surface area contributed by atoms with Gasteiger partial charge in [0.1, 0.15) is 0 Å². The molecule has 0 amide bonds. The molecule has 0 saturated carbocycles. The summed E-state index contributed by atoms with van der Waals surface area (Å²) in [5, 5.41) is 0. The van der Waals surface area contributed by atoms with Crippen LogP contribution in [0.15, 0.2) is 0 Å². The molecule has 0 aromatic carbocycles. The summed E-state index contributed by atoms with van der Waals surface area (Å²) in [6, 6.07) is 0.636. The molecule has 0 aromatic rings. The Hall–Kier alpha value is 0.0169. The maximum Gasteiger partial charge on any atom is 0.500 e. The van der Waals surface area contributed by atoms with Gasteiger partial charge in [0.05, 0.1) is 5.66 Å². The Labute approximate surface area is 87.1 Å². The molecule has 4 N–H and O–H groups in total. The van der Waals surface area contributed by atoms with Crippen molar-refractivity contribution in [2.45, 2.75) is 31.5 Å². The third-order valence-corrected chi connectivity index (χ3v) is 5.22. The summed E-state index contributed by atoms with van der Waals surface area (Å²) in [7, 11) is 2.25. The predicted octanol–water partition coefficient (Wildman–Crippen LogP) is 0.278. The van der Waals surface area contributed by atoms with E-state index >= 15 is 0 Å². The second-order valence-electron chi connectivity index (χ2n) is 3.38. The predicted molar refractivity (Wildman–Crippen MR) is 57.6 cm³/mol. The van der Waals surface area contributed by atoms with E-state index in [0.29, 0.717) is 18.9 Å². The van der Waals surface area contributed by atoms with Crippen molar-refractivity contribution in [3.8, 4) is 0 Å². The quantitative estimate of drug-likeness (QED) is 0.478. The van der Waals surface area contributed by atoms with E-state index in [2.05, 4.69) is 0 Å².